The van der Waals surface area contributed by atoms with Gasteiger partial charge in [-0.1, -0.05) is 37.3 Å². The van der Waals surface area contributed by atoms with Crippen LogP contribution < -0.4 is 5.32 Å². The number of benzene rings is 1. The Hall–Kier alpha value is -1.02. The third kappa shape index (κ3) is 4.54. The molecule has 0 amide bonds. The summed E-state index contributed by atoms with van der Waals surface area (Å²) in [5, 5.41) is 22.0. The standard InChI is InChI=1S/C15H22N2OS/c1-13(8-10-18)19-11-9-15(12-16,17-2)14-6-4-3-5-7-14/h3-7,13,17-18H,8-11H2,1-2H3. The van der Waals surface area contributed by atoms with E-state index in [0.29, 0.717) is 5.25 Å². The third-order valence-electron chi connectivity index (χ3n) is 3.30. The number of hydrogen-bond acceptors (Lipinski definition) is 4. The van der Waals surface area contributed by atoms with Gasteiger partial charge in [-0.3, -0.25) is 5.32 Å². The summed E-state index contributed by atoms with van der Waals surface area (Å²) in [5.41, 5.74) is 0.392. The molecule has 1 aromatic rings. The van der Waals surface area contributed by atoms with Crippen LogP contribution in [0.25, 0.3) is 0 Å². The Balaban J connectivity index is 2.66. The van der Waals surface area contributed by atoms with Gasteiger partial charge in [-0.05, 0) is 31.2 Å². The zero-order chi connectivity index (χ0) is 14.1. The molecule has 2 unspecified atom stereocenters. The van der Waals surface area contributed by atoms with E-state index in [9.17, 15) is 5.26 Å². The van der Waals surface area contributed by atoms with Gasteiger partial charge in [0.15, 0.2) is 0 Å². The maximum absolute atomic E-state index is 9.54. The summed E-state index contributed by atoms with van der Waals surface area (Å²) in [7, 11) is 1.83. The SMILES string of the molecule is CNC(C#N)(CCSC(C)CCO)c1ccccc1. The maximum Gasteiger partial charge on any atom is 0.132 e. The van der Waals surface area contributed by atoms with E-state index >= 15 is 0 Å². The first kappa shape index (κ1) is 16.0. The second-order valence-electron chi connectivity index (χ2n) is 4.58. The number of aliphatic hydroxyl groups is 1. The number of nitriles is 1. The van der Waals surface area contributed by atoms with E-state index in [1.54, 1.807) is 11.8 Å². The summed E-state index contributed by atoms with van der Waals surface area (Å²) < 4.78 is 0. The summed E-state index contributed by atoms with van der Waals surface area (Å²) in [6.45, 7) is 2.33. The normalized spacial score (nSPS) is 15.5. The lowest BCUT2D eigenvalue weighted by atomic mass is 9.89. The Morgan fingerprint density at radius 1 is 1.42 bits per heavy atom. The van der Waals surface area contributed by atoms with Gasteiger partial charge in [0.25, 0.3) is 0 Å². The second kappa shape index (κ2) is 8.21. The van der Waals surface area contributed by atoms with Gasteiger partial charge >= 0.3 is 0 Å². The van der Waals surface area contributed by atoms with Crippen molar-refractivity contribution in [3.8, 4) is 6.07 Å². The fourth-order valence-corrected chi connectivity index (χ4v) is 3.09. The number of rotatable bonds is 8. The minimum atomic E-state index is -0.618. The van der Waals surface area contributed by atoms with E-state index in [0.717, 1.165) is 24.2 Å². The third-order valence-corrected chi connectivity index (χ3v) is 4.54. The van der Waals surface area contributed by atoms with E-state index in [1.165, 1.54) is 0 Å². The molecule has 1 rings (SSSR count). The molecule has 0 aliphatic carbocycles. The van der Waals surface area contributed by atoms with Crippen molar-refractivity contribution in [2.24, 2.45) is 0 Å². The molecule has 0 bridgehead atoms. The van der Waals surface area contributed by atoms with Crippen molar-refractivity contribution in [1.29, 1.82) is 5.26 Å². The van der Waals surface area contributed by atoms with Crippen LogP contribution in [0.5, 0.6) is 0 Å². The highest BCUT2D eigenvalue weighted by Gasteiger charge is 2.29. The summed E-state index contributed by atoms with van der Waals surface area (Å²) in [5.74, 6) is 0.893. The number of thioether (sulfide) groups is 1. The molecule has 0 aromatic heterocycles. The molecule has 0 spiro atoms. The predicted molar refractivity (Wildman–Crippen MR) is 81.0 cm³/mol. The van der Waals surface area contributed by atoms with E-state index in [2.05, 4.69) is 18.3 Å². The smallest absolute Gasteiger partial charge is 0.132 e. The van der Waals surface area contributed by atoms with Crippen LogP contribution in [0.3, 0.4) is 0 Å². The molecule has 0 radical (unpaired) electrons. The summed E-state index contributed by atoms with van der Waals surface area (Å²) in [6, 6.07) is 12.3. The number of nitrogens with zero attached hydrogens (tertiary/aromatic N) is 1. The molecule has 2 atom stereocenters. The number of hydrogen-bond donors (Lipinski definition) is 2. The first-order chi connectivity index (χ1) is 9.18. The van der Waals surface area contributed by atoms with Gasteiger partial charge < -0.3 is 5.11 Å². The molecule has 3 nitrogen and oxygen atoms in total. The lowest BCUT2D eigenvalue weighted by Gasteiger charge is -2.27. The molecule has 2 N–H and O–H groups in total. The van der Waals surface area contributed by atoms with E-state index in [-0.39, 0.29) is 6.61 Å². The molecule has 0 fully saturated rings. The highest BCUT2D eigenvalue weighted by atomic mass is 32.2. The monoisotopic (exact) mass is 278 g/mol. The zero-order valence-corrected chi connectivity index (χ0v) is 12.4. The molecule has 0 saturated carbocycles. The first-order valence-electron chi connectivity index (χ1n) is 6.56. The Kier molecular flexibility index (Phi) is 6.93. The Morgan fingerprint density at radius 3 is 2.63 bits per heavy atom. The van der Waals surface area contributed by atoms with Crippen LogP contribution in [0.2, 0.25) is 0 Å². The van der Waals surface area contributed by atoms with Crippen molar-refractivity contribution in [2.75, 3.05) is 19.4 Å². The summed E-state index contributed by atoms with van der Waals surface area (Å²) >= 11 is 1.80. The molecule has 0 aliphatic heterocycles. The first-order valence-corrected chi connectivity index (χ1v) is 7.61. The van der Waals surface area contributed by atoms with Crippen LogP contribution >= 0.6 is 11.8 Å². The molecule has 0 aliphatic rings. The topological polar surface area (TPSA) is 56.0 Å². The molecule has 104 valence electrons. The fourth-order valence-electron chi connectivity index (χ4n) is 1.99. The van der Waals surface area contributed by atoms with Crippen LogP contribution in [0, 0.1) is 11.3 Å². The maximum atomic E-state index is 9.54. The Labute approximate surface area is 120 Å². The highest BCUT2D eigenvalue weighted by Crippen LogP contribution is 2.27. The Bertz CT molecular complexity index is 404. The van der Waals surface area contributed by atoms with Gasteiger partial charge in [0.05, 0.1) is 6.07 Å². The quantitative estimate of drug-likeness (QED) is 0.767. The molecular weight excluding hydrogens is 256 g/mol. The Morgan fingerprint density at radius 2 is 2.11 bits per heavy atom. The van der Waals surface area contributed by atoms with Crippen molar-refractivity contribution in [3.05, 3.63) is 35.9 Å². The van der Waals surface area contributed by atoms with Crippen LogP contribution in [0.15, 0.2) is 30.3 Å². The summed E-state index contributed by atoms with van der Waals surface area (Å²) in [4.78, 5) is 0. The van der Waals surface area contributed by atoms with Crippen molar-refractivity contribution < 1.29 is 5.11 Å². The van der Waals surface area contributed by atoms with Gasteiger partial charge in [-0.15, -0.1) is 0 Å². The largest absolute Gasteiger partial charge is 0.396 e. The van der Waals surface area contributed by atoms with Crippen LogP contribution in [0.4, 0.5) is 0 Å². The van der Waals surface area contributed by atoms with Crippen molar-refractivity contribution in [2.45, 2.75) is 30.6 Å². The molecular formula is C15H22N2OS. The average Bonchev–Trinajstić information content (AvgIpc) is 2.45. The molecule has 19 heavy (non-hydrogen) atoms. The molecule has 1 aromatic carbocycles. The van der Waals surface area contributed by atoms with E-state index < -0.39 is 5.54 Å². The van der Waals surface area contributed by atoms with Gasteiger partial charge in [-0.25, -0.2) is 0 Å². The zero-order valence-electron chi connectivity index (χ0n) is 11.6. The molecule has 0 heterocycles. The van der Waals surface area contributed by atoms with Crippen LogP contribution in [-0.2, 0) is 5.54 Å². The van der Waals surface area contributed by atoms with Gasteiger partial charge in [0, 0.05) is 11.9 Å². The highest BCUT2D eigenvalue weighted by molar-refractivity contribution is 7.99. The van der Waals surface area contributed by atoms with Crippen molar-refractivity contribution in [1.82, 2.24) is 5.32 Å². The van der Waals surface area contributed by atoms with Crippen molar-refractivity contribution in [3.63, 3.8) is 0 Å². The van der Waals surface area contributed by atoms with E-state index in [4.69, 9.17) is 5.11 Å². The predicted octanol–water partition coefficient (Wildman–Crippen LogP) is 2.52. The van der Waals surface area contributed by atoms with Crippen LogP contribution in [0.1, 0.15) is 25.3 Å². The van der Waals surface area contributed by atoms with Gasteiger partial charge in [-0.2, -0.15) is 17.0 Å². The van der Waals surface area contributed by atoms with Gasteiger partial charge in [0.2, 0.25) is 0 Å². The second-order valence-corrected chi connectivity index (χ2v) is 6.12. The molecule has 4 heteroatoms. The van der Waals surface area contributed by atoms with Crippen molar-refractivity contribution >= 4 is 11.8 Å². The van der Waals surface area contributed by atoms with Gasteiger partial charge in [0.1, 0.15) is 5.54 Å². The van der Waals surface area contributed by atoms with Crippen LogP contribution in [-0.4, -0.2) is 29.8 Å². The minimum absolute atomic E-state index is 0.224. The number of nitrogens with one attached hydrogen (secondary N) is 1. The fraction of sp³-hybridized carbons (Fsp3) is 0.533. The van der Waals surface area contributed by atoms with E-state index in [1.807, 2.05) is 37.4 Å². The molecule has 0 saturated heterocycles. The lowest BCUT2D eigenvalue weighted by Crippen LogP contribution is -2.39. The lowest BCUT2D eigenvalue weighted by molar-refractivity contribution is 0.289. The summed E-state index contributed by atoms with van der Waals surface area (Å²) in [6.07, 6.45) is 1.56. The average molecular weight is 278 g/mol. The number of aliphatic hydroxyl groups excluding tert-OH is 1. The minimum Gasteiger partial charge on any atom is -0.396 e.